The number of phenolic OH excluding ortho intramolecular Hbond substituents is 1. The summed E-state index contributed by atoms with van der Waals surface area (Å²) in [5.74, 6) is -9.69. The molecule has 38 heavy (non-hydrogen) atoms. The van der Waals surface area contributed by atoms with Gasteiger partial charge in [0.2, 0.25) is 11.7 Å². The van der Waals surface area contributed by atoms with Crippen LogP contribution in [0.25, 0.3) is 0 Å². The zero-order chi connectivity index (χ0) is 28.4. The molecule has 12 heteroatoms. The Morgan fingerprint density at radius 2 is 1.87 bits per heavy atom. The molecule has 2 amide bonds. The Balaban J connectivity index is 1.88. The van der Waals surface area contributed by atoms with E-state index in [9.17, 15) is 39.6 Å². The lowest BCUT2D eigenvalue weighted by molar-refractivity contribution is -0.148. The van der Waals surface area contributed by atoms with E-state index in [0.29, 0.717) is 0 Å². The number of Topliss-reactive ketones (excluding diaryl/α,β-unsaturated/α-hetero) is 2. The van der Waals surface area contributed by atoms with E-state index in [1.807, 2.05) is 0 Å². The van der Waals surface area contributed by atoms with Crippen molar-refractivity contribution in [3.05, 3.63) is 45.7 Å². The van der Waals surface area contributed by atoms with E-state index < -0.39 is 86.7 Å². The minimum Gasteiger partial charge on any atom is -0.510 e. The summed E-state index contributed by atoms with van der Waals surface area (Å²) in [5, 5.41) is 46.8. The molecule has 1 aromatic rings. The van der Waals surface area contributed by atoms with Crippen LogP contribution in [0.15, 0.2) is 28.7 Å². The number of fused-ring (bicyclic) bond motifs is 3. The average Bonchev–Trinajstić information content (AvgIpc) is 2.78. The Bertz CT molecular complexity index is 1350. The van der Waals surface area contributed by atoms with Gasteiger partial charge in [0.15, 0.2) is 17.1 Å². The maximum Gasteiger partial charge on any atom is 0.255 e. The van der Waals surface area contributed by atoms with Crippen LogP contribution in [-0.2, 0) is 20.8 Å². The molecule has 0 aromatic heterocycles. The lowest BCUT2D eigenvalue weighted by Crippen LogP contribution is -2.63. The van der Waals surface area contributed by atoms with Gasteiger partial charge >= 0.3 is 0 Å². The number of anilines is 1. The molecule has 0 fully saturated rings. The molecule has 0 saturated carbocycles. The Hall–Kier alpha value is -3.77. The number of carbonyl (C=O) groups excluding carboxylic acids is 4. The lowest BCUT2D eigenvalue weighted by Gasteiger charge is -2.50. The molecular weight excluding hydrogens is 501 g/mol. The number of nitrogens with one attached hydrogen (secondary N) is 1. The fraction of sp³-hybridized carbons (Fsp3) is 0.462. The summed E-state index contributed by atoms with van der Waals surface area (Å²) >= 11 is 0. The van der Waals surface area contributed by atoms with Crippen LogP contribution in [0.1, 0.15) is 42.6 Å². The van der Waals surface area contributed by atoms with Crippen molar-refractivity contribution in [2.75, 3.05) is 19.4 Å². The van der Waals surface area contributed by atoms with Crippen LogP contribution >= 0.6 is 0 Å². The molecule has 11 nitrogen and oxygen atoms in total. The Labute approximate surface area is 217 Å². The largest absolute Gasteiger partial charge is 0.510 e. The highest BCUT2D eigenvalue weighted by Gasteiger charge is 2.63. The molecule has 7 N–H and O–H groups in total. The maximum absolute atomic E-state index is 15.2. The summed E-state index contributed by atoms with van der Waals surface area (Å²) in [6, 6.07) is -0.231. The molecule has 4 rings (SSSR count). The highest BCUT2D eigenvalue weighted by molar-refractivity contribution is 6.25. The van der Waals surface area contributed by atoms with Gasteiger partial charge in [-0.05, 0) is 38.8 Å². The number of hydrogen-bond donors (Lipinski definition) is 6. The topological polar surface area (TPSA) is 190 Å². The maximum atomic E-state index is 15.2. The van der Waals surface area contributed by atoms with E-state index >= 15 is 4.39 Å². The van der Waals surface area contributed by atoms with E-state index in [-0.39, 0.29) is 36.4 Å². The number of aliphatic hydroxyl groups excluding tert-OH is 2. The average molecular weight is 532 g/mol. The molecule has 3 aliphatic rings. The fourth-order valence-electron chi connectivity index (χ4n) is 5.94. The number of ketones is 2. The van der Waals surface area contributed by atoms with Gasteiger partial charge in [-0.1, -0.05) is 13.8 Å². The van der Waals surface area contributed by atoms with Crippen molar-refractivity contribution in [1.29, 1.82) is 0 Å². The van der Waals surface area contributed by atoms with Crippen LogP contribution < -0.4 is 11.1 Å². The number of likely N-dealkylation sites (N-methyl/N-ethyl adjacent to an activating group) is 1. The molecule has 0 aliphatic heterocycles. The minimum absolute atomic E-state index is 0.0298. The van der Waals surface area contributed by atoms with Crippen LogP contribution in [0, 0.1) is 23.6 Å². The predicted molar refractivity (Wildman–Crippen MR) is 132 cm³/mol. The first-order valence-corrected chi connectivity index (χ1v) is 12.1. The second-order valence-corrected chi connectivity index (χ2v) is 10.7. The van der Waals surface area contributed by atoms with Gasteiger partial charge in [-0.25, -0.2) is 4.39 Å². The van der Waals surface area contributed by atoms with Crippen molar-refractivity contribution >= 4 is 29.1 Å². The van der Waals surface area contributed by atoms with Crippen molar-refractivity contribution in [2.45, 2.75) is 44.8 Å². The molecule has 0 radical (unpaired) electrons. The molecule has 0 heterocycles. The summed E-state index contributed by atoms with van der Waals surface area (Å²) in [6.07, 6.45) is -0.265. The van der Waals surface area contributed by atoms with Gasteiger partial charge in [0, 0.05) is 29.5 Å². The normalized spacial score (nSPS) is 26.9. The second-order valence-electron chi connectivity index (χ2n) is 10.7. The van der Waals surface area contributed by atoms with Crippen LogP contribution in [0.5, 0.6) is 5.75 Å². The number of carbonyl (C=O) groups is 4. The number of phenols is 1. The molecule has 4 atom stereocenters. The Morgan fingerprint density at radius 3 is 2.42 bits per heavy atom. The number of nitrogens with two attached hydrogens (primary N) is 1. The van der Waals surface area contributed by atoms with Crippen LogP contribution in [0.3, 0.4) is 0 Å². The number of nitrogens with zero attached hydrogens (tertiary/aromatic N) is 1. The highest BCUT2D eigenvalue weighted by atomic mass is 19.1. The van der Waals surface area contributed by atoms with Crippen molar-refractivity contribution in [2.24, 2.45) is 23.5 Å². The van der Waals surface area contributed by atoms with Gasteiger partial charge < -0.3 is 31.5 Å². The fourth-order valence-corrected chi connectivity index (χ4v) is 5.94. The zero-order valence-electron chi connectivity index (χ0n) is 21.3. The lowest BCUT2D eigenvalue weighted by atomic mass is 9.58. The number of aromatic hydroxyl groups is 1. The quantitative estimate of drug-likeness (QED) is 0.240. The van der Waals surface area contributed by atoms with Gasteiger partial charge in [0.1, 0.15) is 22.9 Å². The summed E-state index contributed by atoms with van der Waals surface area (Å²) in [7, 11) is 3.03. The molecule has 0 spiro atoms. The summed E-state index contributed by atoms with van der Waals surface area (Å²) < 4.78 is 15.2. The molecule has 0 saturated heterocycles. The molecule has 3 aliphatic carbocycles. The monoisotopic (exact) mass is 531 g/mol. The van der Waals surface area contributed by atoms with E-state index in [0.717, 1.165) is 6.07 Å². The SMILES string of the molecule is CC(C)CC(=O)Nc1cc(F)c2c(c1O)C(=O)C1=C(O)[C@]3(O)C(=O)C(C(N)=O)=C(O)[C@@H](N(C)C)[C@@H]3C[C@@H]1C2. The molecule has 1 aromatic carbocycles. The second kappa shape index (κ2) is 9.21. The first-order chi connectivity index (χ1) is 17.6. The number of allylic oxidation sites excluding steroid dienone is 1. The molecular formula is C26H30FN3O8. The smallest absolute Gasteiger partial charge is 0.255 e. The Kier molecular flexibility index (Phi) is 6.61. The summed E-state index contributed by atoms with van der Waals surface area (Å²) in [5.41, 5.74) is 0.189. The highest BCUT2D eigenvalue weighted by Crippen LogP contribution is 2.53. The van der Waals surface area contributed by atoms with Gasteiger partial charge in [-0.3, -0.25) is 24.1 Å². The third-order valence-electron chi connectivity index (χ3n) is 7.54. The first kappa shape index (κ1) is 27.3. The summed E-state index contributed by atoms with van der Waals surface area (Å²) in [6.45, 7) is 3.58. The minimum atomic E-state index is -2.79. The molecule has 0 bridgehead atoms. The number of primary amides is 1. The van der Waals surface area contributed by atoms with Crippen molar-refractivity contribution in [1.82, 2.24) is 4.90 Å². The van der Waals surface area contributed by atoms with E-state index in [4.69, 9.17) is 5.73 Å². The third kappa shape index (κ3) is 3.86. The Morgan fingerprint density at radius 1 is 1.24 bits per heavy atom. The van der Waals surface area contributed by atoms with E-state index in [1.54, 1.807) is 13.8 Å². The first-order valence-electron chi connectivity index (χ1n) is 12.1. The number of rotatable bonds is 5. The van der Waals surface area contributed by atoms with E-state index in [1.165, 1.54) is 19.0 Å². The van der Waals surface area contributed by atoms with Gasteiger partial charge in [-0.15, -0.1) is 0 Å². The van der Waals surface area contributed by atoms with Crippen LogP contribution in [0.2, 0.25) is 0 Å². The standard InChI is InChI=1S/C26H30FN3O8/c1-9(2)5-15(31)29-14-8-13(27)11-6-10-7-12-19(30(3)4)22(34)18(25(28)37)24(36)26(12,38)23(35)16(10)21(33)17(11)20(14)32/h8-10,12,19,32,34-35,38H,5-7H2,1-4H3,(H2,28,37)(H,29,31)/t10-,12-,19-,26-/m0/s1. The van der Waals surface area contributed by atoms with Gasteiger partial charge in [-0.2, -0.15) is 0 Å². The molecule has 204 valence electrons. The summed E-state index contributed by atoms with van der Waals surface area (Å²) in [4.78, 5) is 52.6. The number of amides is 2. The van der Waals surface area contributed by atoms with E-state index in [2.05, 4.69) is 5.32 Å². The number of benzene rings is 1. The third-order valence-corrected chi connectivity index (χ3v) is 7.54. The van der Waals surface area contributed by atoms with Crippen LogP contribution in [-0.4, -0.2) is 74.4 Å². The van der Waals surface area contributed by atoms with Crippen LogP contribution in [0.4, 0.5) is 10.1 Å². The number of aliphatic hydroxyl groups is 3. The van der Waals surface area contributed by atoms with Crippen molar-refractivity contribution < 1.29 is 44.0 Å². The van der Waals surface area contributed by atoms with Crippen molar-refractivity contribution in [3.8, 4) is 5.75 Å². The number of hydrogen-bond acceptors (Lipinski definition) is 9. The molecule has 0 unspecified atom stereocenters. The predicted octanol–water partition coefficient (Wildman–Crippen LogP) is 1.24. The van der Waals surface area contributed by atoms with Gasteiger partial charge in [0.25, 0.3) is 5.91 Å². The van der Waals surface area contributed by atoms with Crippen molar-refractivity contribution in [3.63, 3.8) is 0 Å². The number of halogens is 1. The zero-order valence-corrected chi connectivity index (χ0v) is 21.3. The van der Waals surface area contributed by atoms with Gasteiger partial charge in [0.05, 0.1) is 17.3 Å².